The van der Waals surface area contributed by atoms with Crippen LogP contribution >= 0.6 is 15.9 Å². The van der Waals surface area contributed by atoms with Gasteiger partial charge in [-0.2, -0.15) is 0 Å². The van der Waals surface area contributed by atoms with E-state index in [2.05, 4.69) is 30.9 Å². The van der Waals surface area contributed by atoms with Gasteiger partial charge in [0.15, 0.2) is 5.69 Å². The molecule has 1 amide bonds. The molecule has 0 radical (unpaired) electrons. The zero-order valence-electron chi connectivity index (χ0n) is 8.53. The fraction of sp³-hybridized carbons (Fsp3) is 0.0909. The number of carbonyl (C=O) groups excluding carboxylic acids is 1. The number of hydrogen-bond acceptors (Lipinski definition) is 3. The second kappa shape index (κ2) is 4.49. The van der Waals surface area contributed by atoms with Crippen LogP contribution in [0.15, 0.2) is 39.5 Å². The maximum Gasteiger partial charge on any atom is 0.277 e. The number of aromatic nitrogens is 1. The van der Waals surface area contributed by atoms with Crippen molar-refractivity contribution in [1.82, 2.24) is 5.16 Å². The second-order valence-electron chi connectivity index (χ2n) is 3.32. The van der Waals surface area contributed by atoms with Gasteiger partial charge < -0.3 is 9.84 Å². The maximum absolute atomic E-state index is 11.7. The van der Waals surface area contributed by atoms with Gasteiger partial charge in [0.05, 0.1) is 5.69 Å². The smallest absolute Gasteiger partial charge is 0.277 e. The van der Waals surface area contributed by atoms with Crippen LogP contribution in [0.25, 0.3) is 0 Å². The van der Waals surface area contributed by atoms with Gasteiger partial charge in [-0.15, -0.1) is 0 Å². The van der Waals surface area contributed by atoms with Gasteiger partial charge in [-0.25, -0.2) is 0 Å². The van der Waals surface area contributed by atoms with E-state index in [0.717, 1.165) is 10.0 Å². The zero-order valence-corrected chi connectivity index (χ0v) is 10.1. The number of anilines is 1. The molecule has 1 aromatic heterocycles. The highest BCUT2D eigenvalue weighted by Gasteiger charge is 2.10. The second-order valence-corrected chi connectivity index (χ2v) is 4.18. The van der Waals surface area contributed by atoms with E-state index in [-0.39, 0.29) is 11.6 Å². The lowest BCUT2D eigenvalue weighted by molar-refractivity contribution is 0.101. The molecule has 1 N–H and O–H groups in total. The Morgan fingerprint density at radius 3 is 2.88 bits per heavy atom. The van der Waals surface area contributed by atoms with Crippen molar-refractivity contribution in [3.05, 3.63) is 46.3 Å². The Kier molecular flexibility index (Phi) is 3.05. The molecule has 0 unspecified atom stereocenters. The van der Waals surface area contributed by atoms with E-state index in [1.54, 1.807) is 0 Å². The molecule has 0 aliphatic carbocycles. The summed E-state index contributed by atoms with van der Waals surface area (Å²) in [6.07, 6.45) is 1.36. The Hall–Kier alpha value is -1.62. The van der Waals surface area contributed by atoms with E-state index in [9.17, 15) is 4.79 Å². The first-order chi connectivity index (χ1) is 7.66. The van der Waals surface area contributed by atoms with Gasteiger partial charge in [-0.1, -0.05) is 11.2 Å². The van der Waals surface area contributed by atoms with E-state index in [4.69, 9.17) is 0 Å². The zero-order chi connectivity index (χ0) is 11.5. The first-order valence-corrected chi connectivity index (χ1v) is 5.44. The van der Waals surface area contributed by atoms with Crippen molar-refractivity contribution < 1.29 is 9.32 Å². The van der Waals surface area contributed by atoms with Gasteiger partial charge in [-0.05, 0) is 40.5 Å². The number of hydrogen-bond donors (Lipinski definition) is 1. The Morgan fingerprint density at radius 2 is 2.25 bits per heavy atom. The predicted molar refractivity (Wildman–Crippen MR) is 63.3 cm³/mol. The number of nitrogens with zero attached hydrogens (tertiary/aromatic N) is 1. The summed E-state index contributed by atoms with van der Waals surface area (Å²) in [5, 5.41) is 6.29. The van der Waals surface area contributed by atoms with E-state index in [1.807, 2.05) is 25.1 Å². The maximum atomic E-state index is 11.7. The molecular weight excluding hydrogens is 272 g/mol. The summed E-state index contributed by atoms with van der Waals surface area (Å²) >= 11 is 3.38. The third-order valence-electron chi connectivity index (χ3n) is 2.04. The largest absolute Gasteiger partial charge is 0.364 e. The van der Waals surface area contributed by atoms with Gasteiger partial charge in [-0.3, -0.25) is 4.79 Å². The molecule has 5 heteroatoms. The summed E-state index contributed by atoms with van der Waals surface area (Å²) in [6.45, 7) is 1.98. The van der Waals surface area contributed by atoms with Crippen LogP contribution in [0.4, 0.5) is 5.69 Å². The molecule has 0 saturated carbocycles. The fourth-order valence-electron chi connectivity index (χ4n) is 1.24. The highest BCUT2D eigenvalue weighted by molar-refractivity contribution is 9.10. The molecule has 82 valence electrons. The van der Waals surface area contributed by atoms with Crippen LogP contribution in [0, 0.1) is 6.92 Å². The van der Waals surface area contributed by atoms with Gasteiger partial charge >= 0.3 is 0 Å². The molecule has 0 spiro atoms. The summed E-state index contributed by atoms with van der Waals surface area (Å²) < 4.78 is 5.44. The third kappa shape index (κ3) is 2.30. The number of benzene rings is 1. The molecule has 0 saturated heterocycles. The number of carbonyl (C=O) groups is 1. The monoisotopic (exact) mass is 280 g/mol. The van der Waals surface area contributed by atoms with Crippen molar-refractivity contribution in [2.75, 3.05) is 5.32 Å². The molecular formula is C11H9BrN2O2. The van der Waals surface area contributed by atoms with Crippen molar-refractivity contribution >= 4 is 27.5 Å². The molecule has 0 atom stereocenters. The molecule has 0 fully saturated rings. The average molecular weight is 281 g/mol. The highest BCUT2D eigenvalue weighted by atomic mass is 79.9. The van der Waals surface area contributed by atoms with E-state index >= 15 is 0 Å². The number of rotatable bonds is 2. The summed E-state index contributed by atoms with van der Waals surface area (Å²) in [5.41, 5.74) is 2.08. The van der Waals surface area contributed by atoms with Crippen molar-refractivity contribution in [3.8, 4) is 0 Å². The number of nitrogens with one attached hydrogen (secondary N) is 1. The Balaban J connectivity index is 2.18. The van der Waals surface area contributed by atoms with Gasteiger partial charge in [0.1, 0.15) is 6.26 Å². The molecule has 0 aliphatic rings. The van der Waals surface area contributed by atoms with Crippen LogP contribution in [0.1, 0.15) is 16.1 Å². The normalized spacial score (nSPS) is 10.1. The summed E-state index contributed by atoms with van der Waals surface area (Å²) in [7, 11) is 0. The predicted octanol–water partition coefficient (Wildman–Crippen LogP) is 3.00. The lowest BCUT2D eigenvalue weighted by Gasteiger charge is -2.06. The molecule has 2 aromatic rings. The first-order valence-electron chi connectivity index (χ1n) is 4.65. The Bertz CT molecular complexity index is 509. The number of halogens is 1. The summed E-state index contributed by atoms with van der Waals surface area (Å²) in [5.74, 6) is -0.293. The average Bonchev–Trinajstić information content (AvgIpc) is 2.75. The minimum absolute atomic E-state index is 0.257. The first kappa shape index (κ1) is 10.9. The van der Waals surface area contributed by atoms with Crippen LogP contribution in [0.3, 0.4) is 0 Å². The van der Waals surface area contributed by atoms with E-state index in [0.29, 0.717) is 5.69 Å². The molecule has 1 aromatic carbocycles. The quantitative estimate of drug-likeness (QED) is 0.920. The molecule has 1 heterocycles. The number of amides is 1. The van der Waals surface area contributed by atoms with Crippen molar-refractivity contribution in [2.24, 2.45) is 0 Å². The molecule has 0 aliphatic heterocycles. The van der Waals surface area contributed by atoms with E-state index < -0.39 is 0 Å². The van der Waals surface area contributed by atoms with Gasteiger partial charge in [0.25, 0.3) is 5.91 Å². The van der Waals surface area contributed by atoms with Crippen molar-refractivity contribution in [2.45, 2.75) is 6.92 Å². The SMILES string of the molecule is Cc1ccc(NC(=O)c2ccon2)c(Br)c1. The van der Waals surface area contributed by atoms with Crippen LogP contribution < -0.4 is 5.32 Å². The van der Waals surface area contributed by atoms with Crippen molar-refractivity contribution in [1.29, 1.82) is 0 Å². The van der Waals surface area contributed by atoms with Crippen LogP contribution in [-0.2, 0) is 0 Å². The Labute approximate surface area is 101 Å². The number of aryl methyl sites for hydroxylation is 1. The van der Waals surface area contributed by atoms with Crippen LogP contribution in [0.5, 0.6) is 0 Å². The van der Waals surface area contributed by atoms with Crippen LogP contribution in [0.2, 0.25) is 0 Å². The van der Waals surface area contributed by atoms with Gasteiger partial charge in [0.2, 0.25) is 0 Å². The molecule has 0 bridgehead atoms. The Morgan fingerprint density at radius 1 is 1.44 bits per heavy atom. The molecule has 2 rings (SSSR count). The minimum atomic E-state index is -0.293. The third-order valence-corrected chi connectivity index (χ3v) is 2.70. The van der Waals surface area contributed by atoms with Crippen molar-refractivity contribution in [3.63, 3.8) is 0 Å². The van der Waals surface area contributed by atoms with Gasteiger partial charge in [0, 0.05) is 10.5 Å². The fourth-order valence-corrected chi connectivity index (χ4v) is 1.83. The molecule has 4 nitrogen and oxygen atoms in total. The summed E-state index contributed by atoms with van der Waals surface area (Å²) in [4.78, 5) is 11.7. The minimum Gasteiger partial charge on any atom is -0.364 e. The van der Waals surface area contributed by atoms with Crippen LogP contribution in [-0.4, -0.2) is 11.1 Å². The van der Waals surface area contributed by atoms with E-state index in [1.165, 1.54) is 12.3 Å². The standard InChI is InChI=1S/C11H9BrN2O2/c1-7-2-3-9(8(12)6-7)13-11(15)10-4-5-16-14-10/h2-6H,1H3,(H,13,15). The summed E-state index contributed by atoms with van der Waals surface area (Å²) in [6, 6.07) is 7.19. The lowest BCUT2D eigenvalue weighted by Crippen LogP contribution is -2.12. The molecule has 16 heavy (non-hydrogen) atoms. The highest BCUT2D eigenvalue weighted by Crippen LogP contribution is 2.23. The lowest BCUT2D eigenvalue weighted by atomic mass is 10.2. The topological polar surface area (TPSA) is 55.1 Å².